The summed E-state index contributed by atoms with van der Waals surface area (Å²) < 4.78 is 10.1. The van der Waals surface area contributed by atoms with Crippen molar-refractivity contribution in [3.8, 4) is 5.75 Å². The van der Waals surface area contributed by atoms with Crippen LogP contribution in [-0.2, 0) is 14.3 Å². The van der Waals surface area contributed by atoms with E-state index in [1.165, 1.54) is 18.7 Å². The fraction of sp³-hybridized carbons (Fsp3) is 0.304. The molecular formula is C23H26O4. The highest BCUT2D eigenvalue weighted by atomic mass is 16.5. The van der Waals surface area contributed by atoms with Crippen LogP contribution in [0.1, 0.15) is 43.7 Å². The van der Waals surface area contributed by atoms with Crippen LogP contribution in [0.25, 0.3) is 6.08 Å². The van der Waals surface area contributed by atoms with Crippen LogP contribution >= 0.6 is 0 Å². The van der Waals surface area contributed by atoms with Gasteiger partial charge in [-0.05, 0) is 48.1 Å². The van der Waals surface area contributed by atoms with Gasteiger partial charge in [-0.3, -0.25) is 4.79 Å². The molecule has 0 aliphatic rings. The van der Waals surface area contributed by atoms with Gasteiger partial charge in [0.2, 0.25) is 0 Å². The van der Waals surface area contributed by atoms with Crippen molar-refractivity contribution in [3.63, 3.8) is 0 Å². The Balaban J connectivity index is 1.93. The van der Waals surface area contributed by atoms with Crippen LogP contribution in [0.3, 0.4) is 0 Å². The van der Waals surface area contributed by atoms with Crippen molar-refractivity contribution in [2.75, 3.05) is 7.11 Å². The first-order chi connectivity index (χ1) is 13.0. The van der Waals surface area contributed by atoms with Crippen LogP contribution in [0.2, 0.25) is 0 Å². The number of rotatable bonds is 8. The van der Waals surface area contributed by atoms with Gasteiger partial charge in [-0.15, -0.1) is 0 Å². The van der Waals surface area contributed by atoms with Gasteiger partial charge in [0, 0.05) is 6.08 Å². The van der Waals surface area contributed by atoms with Gasteiger partial charge in [-0.1, -0.05) is 56.3 Å². The highest BCUT2D eigenvalue weighted by molar-refractivity contribution is 5.86. The SMILES string of the molecule is CCC(CC(C)C(=O)Oc1ccc(/C=C/C(=O)OC)cc1)c1ccccc1. The maximum absolute atomic E-state index is 12.4. The summed E-state index contributed by atoms with van der Waals surface area (Å²) in [5.41, 5.74) is 2.07. The molecule has 0 aliphatic carbocycles. The maximum Gasteiger partial charge on any atom is 0.330 e. The van der Waals surface area contributed by atoms with E-state index in [1.807, 2.05) is 25.1 Å². The molecule has 4 heteroatoms. The molecular weight excluding hydrogens is 340 g/mol. The molecule has 0 heterocycles. The van der Waals surface area contributed by atoms with Gasteiger partial charge in [0.25, 0.3) is 0 Å². The lowest BCUT2D eigenvalue weighted by Gasteiger charge is -2.19. The lowest BCUT2D eigenvalue weighted by Crippen LogP contribution is -2.20. The minimum Gasteiger partial charge on any atom is -0.466 e. The van der Waals surface area contributed by atoms with Crippen molar-refractivity contribution in [2.24, 2.45) is 5.92 Å². The number of methoxy groups -OCH3 is 1. The van der Waals surface area contributed by atoms with E-state index < -0.39 is 5.97 Å². The Labute approximate surface area is 160 Å². The van der Waals surface area contributed by atoms with Gasteiger partial charge in [0.15, 0.2) is 0 Å². The molecule has 4 nitrogen and oxygen atoms in total. The number of hydrogen-bond acceptors (Lipinski definition) is 4. The molecule has 0 spiro atoms. The van der Waals surface area contributed by atoms with Crippen molar-refractivity contribution in [1.82, 2.24) is 0 Å². The quantitative estimate of drug-likeness (QED) is 0.375. The Bertz CT molecular complexity index is 763. The van der Waals surface area contributed by atoms with Gasteiger partial charge < -0.3 is 9.47 Å². The van der Waals surface area contributed by atoms with E-state index in [9.17, 15) is 9.59 Å². The Morgan fingerprint density at radius 2 is 1.70 bits per heavy atom. The molecule has 0 amide bonds. The molecule has 0 saturated heterocycles. The van der Waals surface area contributed by atoms with E-state index in [1.54, 1.807) is 30.3 Å². The third kappa shape index (κ3) is 6.41. The summed E-state index contributed by atoms with van der Waals surface area (Å²) >= 11 is 0. The van der Waals surface area contributed by atoms with Crippen molar-refractivity contribution in [2.45, 2.75) is 32.6 Å². The van der Waals surface area contributed by atoms with E-state index in [0.717, 1.165) is 18.4 Å². The summed E-state index contributed by atoms with van der Waals surface area (Å²) in [6.07, 6.45) is 4.71. The third-order valence-corrected chi connectivity index (χ3v) is 4.52. The van der Waals surface area contributed by atoms with Gasteiger partial charge >= 0.3 is 11.9 Å². The normalized spacial score (nSPS) is 13.1. The summed E-state index contributed by atoms with van der Waals surface area (Å²) in [6.45, 7) is 4.04. The minimum absolute atomic E-state index is 0.200. The van der Waals surface area contributed by atoms with Crippen molar-refractivity contribution >= 4 is 18.0 Å². The van der Waals surface area contributed by atoms with E-state index in [0.29, 0.717) is 11.7 Å². The average Bonchev–Trinajstić information content (AvgIpc) is 2.71. The summed E-state index contributed by atoms with van der Waals surface area (Å²) in [4.78, 5) is 23.5. The lowest BCUT2D eigenvalue weighted by molar-refractivity contribution is -0.138. The molecule has 142 valence electrons. The number of benzene rings is 2. The lowest BCUT2D eigenvalue weighted by atomic mass is 9.88. The fourth-order valence-corrected chi connectivity index (χ4v) is 2.88. The van der Waals surface area contributed by atoms with Crippen molar-refractivity contribution < 1.29 is 19.1 Å². The molecule has 0 aliphatic heterocycles. The Morgan fingerprint density at radius 3 is 2.30 bits per heavy atom. The number of hydrogen-bond donors (Lipinski definition) is 0. The maximum atomic E-state index is 12.4. The van der Waals surface area contributed by atoms with Crippen LogP contribution in [0.5, 0.6) is 5.75 Å². The Kier molecular flexibility index (Phi) is 7.80. The third-order valence-electron chi connectivity index (χ3n) is 4.52. The standard InChI is InChI=1S/C23H26O4/c1-4-19(20-8-6-5-7-9-20)16-17(2)23(25)27-21-13-10-18(11-14-21)12-15-22(24)26-3/h5-15,17,19H,4,16H2,1-3H3/b15-12+. The second-order valence-electron chi connectivity index (χ2n) is 6.50. The molecule has 2 aromatic carbocycles. The largest absolute Gasteiger partial charge is 0.466 e. The molecule has 0 radical (unpaired) electrons. The zero-order valence-corrected chi connectivity index (χ0v) is 16.1. The summed E-state index contributed by atoms with van der Waals surface area (Å²) in [5.74, 6) is -0.0195. The van der Waals surface area contributed by atoms with Gasteiger partial charge in [-0.2, -0.15) is 0 Å². The molecule has 0 fully saturated rings. The first-order valence-electron chi connectivity index (χ1n) is 9.16. The van der Waals surface area contributed by atoms with E-state index in [-0.39, 0.29) is 11.9 Å². The molecule has 2 atom stereocenters. The van der Waals surface area contributed by atoms with Gasteiger partial charge in [-0.25, -0.2) is 4.79 Å². The molecule has 2 rings (SSSR count). The van der Waals surface area contributed by atoms with E-state index in [2.05, 4.69) is 23.8 Å². The summed E-state index contributed by atoms with van der Waals surface area (Å²) in [7, 11) is 1.33. The Morgan fingerprint density at radius 1 is 1.04 bits per heavy atom. The predicted molar refractivity (Wildman–Crippen MR) is 106 cm³/mol. The summed E-state index contributed by atoms with van der Waals surface area (Å²) in [5, 5.41) is 0. The number of carbonyl (C=O) groups excluding carboxylic acids is 2. The molecule has 2 unspecified atom stereocenters. The Hall–Kier alpha value is -2.88. The minimum atomic E-state index is -0.414. The first-order valence-corrected chi connectivity index (χ1v) is 9.16. The molecule has 0 saturated carbocycles. The first kappa shape index (κ1) is 20.4. The second kappa shape index (κ2) is 10.3. The van der Waals surface area contributed by atoms with Gasteiger partial charge in [0.05, 0.1) is 13.0 Å². The van der Waals surface area contributed by atoms with E-state index in [4.69, 9.17) is 4.74 Å². The summed E-state index contributed by atoms with van der Waals surface area (Å²) in [6, 6.07) is 17.3. The molecule has 0 bridgehead atoms. The zero-order chi connectivity index (χ0) is 19.6. The number of esters is 2. The highest BCUT2D eigenvalue weighted by Crippen LogP contribution is 2.27. The smallest absolute Gasteiger partial charge is 0.330 e. The number of carbonyl (C=O) groups is 2. The van der Waals surface area contributed by atoms with Gasteiger partial charge in [0.1, 0.15) is 5.75 Å². The van der Waals surface area contributed by atoms with Crippen molar-refractivity contribution in [3.05, 3.63) is 71.8 Å². The monoisotopic (exact) mass is 366 g/mol. The van der Waals surface area contributed by atoms with Crippen LogP contribution in [0.15, 0.2) is 60.7 Å². The molecule has 0 aromatic heterocycles. The molecule has 27 heavy (non-hydrogen) atoms. The highest BCUT2D eigenvalue weighted by Gasteiger charge is 2.21. The fourth-order valence-electron chi connectivity index (χ4n) is 2.88. The average molecular weight is 366 g/mol. The van der Waals surface area contributed by atoms with Crippen LogP contribution < -0.4 is 4.74 Å². The van der Waals surface area contributed by atoms with Crippen LogP contribution in [-0.4, -0.2) is 19.0 Å². The number of ether oxygens (including phenoxy) is 2. The van der Waals surface area contributed by atoms with Crippen LogP contribution in [0.4, 0.5) is 0 Å². The predicted octanol–water partition coefficient (Wildman–Crippen LogP) is 5.00. The van der Waals surface area contributed by atoms with E-state index >= 15 is 0 Å². The zero-order valence-electron chi connectivity index (χ0n) is 16.1. The second-order valence-corrected chi connectivity index (χ2v) is 6.50. The molecule has 2 aromatic rings. The molecule has 0 N–H and O–H groups in total. The topological polar surface area (TPSA) is 52.6 Å². The van der Waals surface area contributed by atoms with Crippen LogP contribution in [0, 0.1) is 5.92 Å². The van der Waals surface area contributed by atoms with Crippen molar-refractivity contribution in [1.29, 1.82) is 0 Å².